The van der Waals surface area contributed by atoms with Crippen LogP contribution in [-0.4, -0.2) is 53.1 Å². The van der Waals surface area contributed by atoms with Gasteiger partial charge in [0.05, 0.1) is 6.04 Å². The van der Waals surface area contributed by atoms with Crippen LogP contribution in [0.2, 0.25) is 0 Å². The van der Waals surface area contributed by atoms with E-state index in [1.165, 1.54) is 0 Å². The summed E-state index contributed by atoms with van der Waals surface area (Å²) < 4.78 is 0. The Morgan fingerprint density at radius 3 is 2.06 bits per heavy atom. The molecule has 3 nitrogen and oxygen atoms in total. The molecule has 0 unspecified atom stereocenters. The van der Waals surface area contributed by atoms with Gasteiger partial charge in [-0.2, -0.15) is 0 Å². The molecule has 1 saturated heterocycles. The number of rotatable bonds is 1. The molecule has 1 atom stereocenters. The zero-order valence-corrected chi connectivity index (χ0v) is 12.2. The average molecular weight is 237 g/mol. The number of hydrogen-bond acceptors (Lipinski definition) is 2. The normalized spacial score (nSPS) is 24.6. The highest BCUT2D eigenvalue weighted by molar-refractivity contribution is 4.95. The van der Waals surface area contributed by atoms with Crippen LogP contribution in [0.3, 0.4) is 0 Å². The molecule has 0 spiro atoms. The van der Waals surface area contributed by atoms with Gasteiger partial charge in [0, 0.05) is 30.7 Å². The molecule has 0 aromatic heterocycles. The molecule has 0 aromatic rings. The molecular formula is C14H27N3. The molecule has 0 aliphatic carbocycles. The third-order valence-corrected chi connectivity index (χ3v) is 3.60. The molecule has 17 heavy (non-hydrogen) atoms. The number of nitrogens with zero attached hydrogens (tertiary/aromatic N) is 3. The first-order valence-corrected chi connectivity index (χ1v) is 6.51. The summed E-state index contributed by atoms with van der Waals surface area (Å²) in [5.74, 6) is 0. The Labute approximate surface area is 107 Å². The summed E-state index contributed by atoms with van der Waals surface area (Å²) in [4.78, 5) is 8.62. The maximum atomic E-state index is 7.14. The highest BCUT2D eigenvalue weighted by atomic mass is 15.3. The van der Waals surface area contributed by atoms with Gasteiger partial charge in [0.25, 0.3) is 0 Å². The van der Waals surface area contributed by atoms with Crippen molar-refractivity contribution in [2.24, 2.45) is 0 Å². The first-order chi connectivity index (χ1) is 7.66. The van der Waals surface area contributed by atoms with Crippen molar-refractivity contribution >= 4 is 0 Å². The first-order valence-electron chi connectivity index (χ1n) is 6.51. The van der Waals surface area contributed by atoms with Crippen LogP contribution in [0.4, 0.5) is 0 Å². The molecule has 0 N–H and O–H groups in total. The van der Waals surface area contributed by atoms with E-state index in [9.17, 15) is 0 Å². The fourth-order valence-corrected chi connectivity index (χ4v) is 2.61. The van der Waals surface area contributed by atoms with Crippen molar-refractivity contribution in [2.45, 2.75) is 58.7 Å². The molecule has 1 rings (SSSR count). The molecule has 0 saturated carbocycles. The minimum absolute atomic E-state index is 0.166. The van der Waals surface area contributed by atoms with E-state index >= 15 is 0 Å². The minimum Gasteiger partial charge on any atom is -0.315 e. The van der Waals surface area contributed by atoms with Crippen LogP contribution in [0.1, 0.15) is 41.5 Å². The Kier molecular flexibility index (Phi) is 4.22. The van der Waals surface area contributed by atoms with E-state index in [4.69, 9.17) is 6.57 Å². The Balaban J connectivity index is 2.79. The SMILES string of the molecule is [C-]#[N+]C[C@H]1CN(C(C)(C)C)CCN1C(C)(C)C. The minimum atomic E-state index is 0.166. The molecule has 1 fully saturated rings. The number of piperazine rings is 1. The van der Waals surface area contributed by atoms with Crippen LogP contribution in [0.25, 0.3) is 4.85 Å². The Bertz CT molecular complexity index is 290. The number of hydrogen-bond donors (Lipinski definition) is 0. The Morgan fingerprint density at radius 1 is 1.06 bits per heavy atom. The average Bonchev–Trinajstić information content (AvgIpc) is 2.15. The molecule has 3 heteroatoms. The van der Waals surface area contributed by atoms with Gasteiger partial charge in [-0.15, -0.1) is 0 Å². The van der Waals surface area contributed by atoms with Crippen LogP contribution in [0, 0.1) is 6.57 Å². The monoisotopic (exact) mass is 237 g/mol. The van der Waals surface area contributed by atoms with E-state index in [-0.39, 0.29) is 11.1 Å². The molecule has 1 heterocycles. The lowest BCUT2D eigenvalue weighted by Gasteiger charge is -2.49. The molecule has 0 radical (unpaired) electrons. The summed E-state index contributed by atoms with van der Waals surface area (Å²) in [6.07, 6.45) is 0. The van der Waals surface area contributed by atoms with Gasteiger partial charge >= 0.3 is 0 Å². The van der Waals surface area contributed by atoms with Gasteiger partial charge in [-0.1, -0.05) is 0 Å². The van der Waals surface area contributed by atoms with Crippen LogP contribution < -0.4 is 0 Å². The van der Waals surface area contributed by atoms with Crippen molar-refractivity contribution in [1.82, 2.24) is 9.80 Å². The predicted octanol–water partition coefficient (Wildman–Crippen LogP) is 2.49. The summed E-state index contributed by atoms with van der Waals surface area (Å²) >= 11 is 0. The molecule has 1 aliphatic rings. The van der Waals surface area contributed by atoms with Crippen molar-refractivity contribution in [3.8, 4) is 0 Å². The predicted molar refractivity (Wildman–Crippen MR) is 73.0 cm³/mol. The second-order valence-corrected chi connectivity index (χ2v) is 6.98. The molecule has 0 amide bonds. The van der Waals surface area contributed by atoms with Crippen molar-refractivity contribution in [2.75, 3.05) is 26.2 Å². The molecule has 0 bridgehead atoms. The maximum absolute atomic E-state index is 7.14. The van der Waals surface area contributed by atoms with Gasteiger partial charge in [-0.25, -0.2) is 6.57 Å². The van der Waals surface area contributed by atoms with Gasteiger partial charge in [-0.3, -0.25) is 9.80 Å². The van der Waals surface area contributed by atoms with Crippen LogP contribution >= 0.6 is 0 Å². The fourth-order valence-electron chi connectivity index (χ4n) is 2.61. The molecular weight excluding hydrogens is 210 g/mol. The quantitative estimate of drug-likeness (QED) is 0.649. The second kappa shape index (κ2) is 4.96. The van der Waals surface area contributed by atoms with Gasteiger partial charge in [0.1, 0.15) is 0 Å². The van der Waals surface area contributed by atoms with Gasteiger partial charge < -0.3 is 4.85 Å². The summed E-state index contributed by atoms with van der Waals surface area (Å²) in [7, 11) is 0. The summed E-state index contributed by atoms with van der Waals surface area (Å²) in [6, 6.07) is 0.375. The maximum Gasteiger partial charge on any atom is 0.231 e. The van der Waals surface area contributed by atoms with Crippen molar-refractivity contribution in [3.63, 3.8) is 0 Å². The largest absolute Gasteiger partial charge is 0.315 e. The lowest BCUT2D eigenvalue weighted by molar-refractivity contribution is -0.0162. The first kappa shape index (κ1) is 14.5. The van der Waals surface area contributed by atoms with E-state index in [1.54, 1.807) is 0 Å². The van der Waals surface area contributed by atoms with Crippen LogP contribution in [-0.2, 0) is 0 Å². The van der Waals surface area contributed by atoms with E-state index in [1.807, 2.05) is 0 Å². The standard InChI is InChI=1S/C14H27N3/c1-13(2,3)16-8-9-17(14(4,5)6)12(11-16)10-15-7/h12H,8-11H2,1-6H3/t12-/m0/s1. The molecule has 98 valence electrons. The van der Waals surface area contributed by atoms with E-state index in [0.717, 1.165) is 19.6 Å². The van der Waals surface area contributed by atoms with E-state index < -0.39 is 0 Å². The summed E-state index contributed by atoms with van der Waals surface area (Å²) in [6.45, 7) is 24.5. The van der Waals surface area contributed by atoms with Gasteiger partial charge in [-0.05, 0) is 41.5 Å². The molecule has 0 aromatic carbocycles. The summed E-state index contributed by atoms with van der Waals surface area (Å²) in [5.41, 5.74) is 0.379. The lowest BCUT2D eigenvalue weighted by Crippen LogP contribution is -2.63. The lowest BCUT2D eigenvalue weighted by atomic mass is 9.97. The topological polar surface area (TPSA) is 10.8 Å². The van der Waals surface area contributed by atoms with Crippen molar-refractivity contribution in [1.29, 1.82) is 0 Å². The highest BCUT2D eigenvalue weighted by Crippen LogP contribution is 2.25. The second-order valence-electron chi connectivity index (χ2n) is 6.98. The third-order valence-electron chi connectivity index (χ3n) is 3.60. The smallest absolute Gasteiger partial charge is 0.231 e. The van der Waals surface area contributed by atoms with Crippen molar-refractivity contribution < 1.29 is 0 Å². The molecule has 1 aliphatic heterocycles. The van der Waals surface area contributed by atoms with Crippen LogP contribution in [0.15, 0.2) is 0 Å². The zero-order valence-electron chi connectivity index (χ0n) is 12.2. The van der Waals surface area contributed by atoms with Gasteiger partial charge in [0.2, 0.25) is 6.54 Å². The Hall–Kier alpha value is -0.590. The zero-order chi connectivity index (χ0) is 13.3. The van der Waals surface area contributed by atoms with Crippen LogP contribution in [0.5, 0.6) is 0 Å². The fraction of sp³-hybridized carbons (Fsp3) is 0.929. The van der Waals surface area contributed by atoms with Gasteiger partial charge in [0.15, 0.2) is 0 Å². The third kappa shape index (κ3) is 3.69. The van der Waals surface area contributed by atoms with Crippen molar-refractivity contribution in [3.05, 3.63) is 11.4 Å². The highest BCUT2D eigenvalue weighted by Gasteiger charge is 2.38. The van der Waals surface area contributed by atoms with E-state index in [2.05, 4.69) is 56.2 Å². The Morgan fingerprint density at radius 2 is 1.65 bits per heavy atom. The van der Waals surface area contributed by atoms with E-state index in [0.29, 0.717) is 12.6 Å². The summed E-state index contributed by atoms with van der Waals surface area (Å²) in [5, 5.41) is 0.